The molecule has 0 radical (unpaired) electrons. The molecule has 0 spiro atoms. The number of rotatable bonds is 8. The molecule has 1 amide bonds. The summed E-state index contributed by atoms with van der Waals surface area (Å²) in [5.41, 5.74) is 0.778. The molecule has 0 saturated carbocycles. The average Bonchev–Trinajstić information content (AvgIpc) is 2.72. The van der Waals surface area contributed by atoms with Gasteiger partial charge in [0.05, 0.1) is 6.10 Å². The van der Waals surface area contributed by atoms with Gasteiger partial charge in [-0.1, -0.05) is 55.8 Å². The van der Waals surface area contributed by atoms with E-state index in [9.17, 15) is 23.8 Å². The summed E-state index contributed by atoms with van der Waals surface area (Å²) in [5, 5.41) is 22.6. The third-order valence-electron chi connectivity index (χ3n) is 5.28. The molecule has 3 rings (SSSR count). The smallest absolute Gasteiger partial charge is 0.407 e. The molecule has 2 atom stereocenters. The second kappa shape index (κ2) is 9.67. The summed E-state index contributed by atoms with van der Waals surface area (Å²) in [6.45, 7) is 2.29. The van der Waals surface area contributed by atoms with Crippen molar-refractivity contribution in [1.29, 1.82) is 0 Å². The van der Waals surface area contributed by atoms with Crippen LogP contribution in [0.2, 0.25) is 0 Å². The SMILES string of the molecule is CCCCN(CC(c1ccc2ccccc2c1)C(O)c1cc(F)cc(F)c1)C(=O)O. The van der Waals surface area contributed by atoms with Crippen LogP contribution in [0.1, 0.15) is 42.9 Å². The van der Waals surface area contributed by atoms with Gasteiger partial charge in [0.1, 0.15) is 11.6 Å². The van der Waals surface area contributed by atoms with Gasteiger partial charge in [-0.15, -0.1) is 0 Å². The zero-order valence-corrected chi connectivity index (χ0v) is 16.8. The summed E-state index contributed by atoms with van der Waals surface area (Å²) in [6, 6.07) is 16.2. The molecular weight excluding hydrogens is 388 g/mol. The molecule has 0 bridgehead atoms. The number of benzene rings is 3. The maximum Gasteiger partial charge on any atom is 0.407 e. The van der Waals surface area contributed by atoms with Crippen molar-refractivity contribution in [3.63, 3.8) is 0 Å². The molecule has 0 aliphatic rings. The van der Waals surface area contributed by atoms with E-state index in [1.165, 1.54) is 4.90 Å². The van der Waals surface area contributed by atoms with Crippen molar-refractivity contribution in [2.24, 2.45) is 0 Å². The summed E-state index contributed by atoms with van der Waals surface area (Å²) in [4.78, 5) is 13.0. The number of carboxylic acid groups (broad SMARTS) is 1. The van der Waals surface area contributed by atoms with Gasteiger partial charge in [0.2, 0.25) is 0 Å². The van der Waals surface area contributed by atoms with E-state index in [2.05, 4.69) is 0 Å². The van der Waals surface area contributed by atoms with Crippen LogP contribution in [0.15, 0.2) is 60.7 Å². The second-order valence-electron chi connectivity index (χ2n) is 7.44. The van der Waals surface area contributed by atoms with Gasteiger partial charge in [0, 0.05) is 25.1 Å². The molecule has 0 fully saturated rings. The number of nitrogens with zero attached hydrogens (tertiary/aromatic N) is 1. The van der Waals surface area contributed by atoms with Crippen LogP contribution in [0.5, 0.6) is 0 Å². The van der Waals surface area contributed by atoms with Gasteiger partial charge in [0.25, 0.3) is 0 Å². The van der Waals surface area contributed by atoms with Gasteiger partial charge in [-0.25, -0.2) is 13.6 Å². The molecule has 2 unspecified atom stereocenters. The fourth-order valence-electron chi connectivity index (χ4n) is 3.66. The highest BCUT2D eigenvalue weighted by Gasteiger charge is 2.28. The van der Waals surface area contributed by atoms with Crippen molar-refractivity contribution >= 4 is 16.9 Å². The standard InChI is InChI=1S/C24H25F2NO3/c1-2-3-10-27(24(29)30)15-22(23(28)19-12-20(25)14-21(26)13-19)18-9-8-16-6-4-5-7-17(16)11-18/h4-9,11-14,22-23,28H,2-3,10,15H2,1H3,(H,29,30). The summed E-state index contributed by atoms with van der Waals surface area (Å²) < 4.78 is 27.5. The lowest BCUT2D eigenvalue weighted by Gasteiger charge is -2.29. The minimum Gasteiger partial charge on any atom is -0.465 e. The Morgan fingerprint density at radius 3 is 2.27 bits per heavy atom. The van der Waals surface area contributed by atoms with Crippen molar-refractivity contribution in [3.05, 3.63) is 83.4 Å². The summed E-state index contributed by atoms with van der Waals surface area (Å²) >= 11 is 0. The van der Waals surface area contributed by atoms with Crippen LogP contribution in [-0.2, 0) is 0 Å². The third kappa shape index (κ3) is 5.13. The summed E-state index contributed by atoms with van der Waals surface area (Å²) in [5.74, 6) is -2.27. The number of amides is 1. The number of unbranched alkanes of at least 4 members (excludes halogenated alkanes) is 1. The molecule has 30 heavy (non-hydrogen) atoms. The van der Waals surface area contributed by atoms with E-state index < -0.39 is 29.7 Å². The molecule has 0 aliphatic heterocycles. The molecule has 0 heterocycles. The van der Waals surface area contributed by atoms with Gasteiger partial charge >= 0.3 is 6.09 Å². The molecule has 0 aromatic heterocycles. The molecule has 2 N–H and O–H groups in total. The number of hydrogen-bond donors (Lipinski definition) is 2. The fourth-order valence-corrected chi connectivity index (χ4v) is 3.66. The Morgan fingerprint density at radius 1 is 0.967 bits per heavy atom. The lowest BCUT2D eigenvalue weighted by molar-refractivity contribution is 0.104. The van der Waals surface area contributed by atoms with Gasteiger partial charge in [-0.05, 0) is 40.5 Å². The maximum atomic E-state index is 13.8. The molecular formula is C24H25F2NO3. The number of fused-ring (bicyclic) bond motifs is 1. The monoisotopic (exact) mass is 413 g/mol. The van der Waals surface area contributed by atoms with E-state index in [-0.39, 0.29) is 12.1 Å². The highest BCUT2D eigenvalue weighted by Crippen LogP contribution is 2.34. The zero-order chi connectivity index (χ0) is 21.7. The topological polar surface area (TPSA) is 60.8 Å². The van der Waals surface area contributed by atoms with Gasteiger partial charge in [0.15, 0.2) is 0 Å². The van der Waals surface area contributed by atoms with Gasteiger partial charge in [-0.3, -0.25) is 0 Å². The number of carbonyl (C=O) groups is 1. The van der Waals surface area contributed by atoms with Crippen LogP contribution < -0.4 is 0 Å². The van der Waals surface area contributed by atoms with Crippen LogP contribution in [0, 0.1) is 11.6 Å². The van der Waals surface area contributed by atoms with E-state index >= 15 is 0 Å². The van der Waals surface area contributed by atoms with Crippen LogP contribution >= 0.6 is 0 Å². The quantitative estimate of drug-likeness (QED) is 0.497. The van der Waals surface area contributed by atoms with Crippen LogP contribution in [0.4, 0.5) is 13.6 Å². The van der Waals surface area contributed by atoms with Crippen LogP contribution in [-0.4, -0.2) is 34.3 Å². The summed E-state index contributed by atoms with van der Waals surface area (Å²) in [7, 11) is 0. The highest BCUT2D eigenvalue weighted by atomic mass is 19.1. The number of aliphatic hydroxyl groups is 1. The van der Waals surface area contributed by atoms with Gasteiger partial charge in [-0.2, -0.15) is 0 Å². The Hall–Kier alpha value is -2.99. The van der Waals surface area contributed by atoms with Crippen molar-refractivity contribution < 1.29 is 23.8 Å². The molecule has 6 heteroatoms. The predicted octanol–water partition coefficient (Wildman–Crippen LogP) is 5.72. The lowest BCUT2D eigenvalue weighted by Crippen LogP contribution is -2.36. The summed E-state index contributed by atoms with van der Waals surface area (Å²) in [6.07, 6.45) is -0.865. The zero-order valence-electron chi connectivity index (χ0n) is 16.8. The Bertz CT molecular complexity index is 1000. The van der Waals surface area contributed by atoms with Gasteiger partial charge < -0.3 is 15.1 Å². The Kier molecular flexibility index (Phi) is 7.00. The van der Waals surface area contributed by atoms with E-state index in [4.69, 9.17) is 0 Å². The second-order valence-corrected chi connectivity index (χ2v) is 7.44. The molecule has 158 valence electrons. The highest BCUT2D eigenvalue weighted by molar-refractivity contribution is 5.83. The molecule has 3 aromatic rings. The Labute approximate surface area is 174 Å². The lowest BCUT2D eigenvalue weighted by atomic mass is 9.87. The predicted molar refractivity (Wildman–Crippen MR) is 113 cm³/mol. The van der Waals surface area contributed by atoms with Crippen molar-refractivity contribution in [1.82, 2.24) is 4.90 Å². The van der Waals surface area contributed by atoms with Crippen LogP contribution in [0.25, 0.3) is 10.8 Å². The Morgan fingerprint density at radius 2 is 1.63 bits per heavy atom. The molecule has 0 aliphatic carbocycles. The third-order valence-corrected chi connectivity index (χ3v) is 5.28. The van der Waals surface area contributed by atoms with E-state index in [0.717, 1.165) is 35.4 Å². The first kappa shape index (κ1) is 21.7. The molecule has 0 saturated heterocycles. The van der Waals surface area contributed by atoms with E-state index in [1.54, 1.807) is 0 Å². The Balaban J connectivity index is 2.03. The largest absolute Gasteiger partial charge is 0.465 e. The van der Waals surface area contributed by atoms with Crippen molar-refractivity contribution in [2.75, 3.05) is 13.1 Å². The number of halogens is 2. The molecule has 4 nitrogen and oxygen atoms in total. The van der Waals surface area contributed by atoms with Crippen LogP contribution in [0.3, 0.4) is 0 Å². The first-order valence-electron chi connectivity index (χ1n) is 9.99. The van der Waals surface area contributed by atoms with Crippen molar-refractivity contribution in [3.8, 4) is 0 Å². The maximum absolute atomic E-state index is 13.8. The normalized spacial score (nSPS) is 13.2. The van der Waals surface area contributed by atoms with E-state index in [0.29, 0.717) is 18.5 Å². The first-order chi connectivity index (χ1) is 14.4. The first-order valence-corrected chi connectivity index (χ1v) is 9.99. The average molecular weight is 413 g/mol. The minimum absolute atomic E-state index is 0.00692. The molecule has 3 aromatic carbocycles. The fraction of sp³-hybridized carbons (Fsp3) is 0.292. The number of aliphatic hydroxyl groups excluding tert-OH is 1. The van der Waals surface area contributed by atoms with Crippen molar-refractivity contribution in [2.45, 2.75) is 31.8 Å². The van der Waals surface area contributed by atoms with E-state index in [1.807, 2.05) is 49.4 Å². The minimum atomic E-state index is -1.28. The number of hydrogen-bond acceptors (Lipinski definition) is 2.